The highest BCUT2D eigenvalue weighted by Gasteiger charge is 2.15. The van der Waals surface area contributed by atoms with Crippen LogP contribution in [0.15, 0.2) is 41.2 Å². The molecule has 0 aliphatic heterocycles. The molecule has 1 N–H and O–H groups in total. The number of amides is 1. The molecule has 1 aromatic carbocycles. The first-order chi connectivity index (χ1) is 9.56. The molecular weight excluding hydrogens is 254 g/mol. The standard InChI is InChI=1S/C16H19NO3/c1-11-4-5-12(2)15(8-11)20-13(3)16(18)17-9-14-6-7-19-10-14/h4-8,10,13H,9H2,1-3H3,(H,17,18)/t13-/m1/s1. The van der Waals surface area contributed by atoms with Crippen LogP contribution in [0.5, 0.6) is 5.75 Å². The van der Waals surface area contributed by atoms with Crippen molar-refractivity contribution in [2.24, 2.45) is 0 Å². The Kier molecular flexibility index (Phi) is 4.45. The predicted molar refractivity (Wildman–Crippen MR) is 76.6 cm³/mol. The minimum Gasteiger partial charge on any atom is -0.481 e. The van der Waals surface area contributed by atoms with Crippen LogP contribution >= 0.6 is 0 Å². The topological polar surface area (TPSA) is 51.5 Å². The summed E-state index contributed by atoms with van der Waals surface area (Å²) in [6, 6.07) is 7.76. The van der Waals surface area contributed by atoms with Crippen LogP contribution < -0.4 is 10.1 Å². The van der Waals surface area contributed by atoms with Crippen molar-refractivity contribution in [1.82, 2.24) is 5.32 Å². The van der Waals surface area contributed by atoms with Crippen LogP contribution in [0.4, 0.5) is 0 Å². The predicted octanol–water partition coefficient (Wildman–Crippen LogP) is 2.98. The van der Waals surface area contributed by atoms with Gasteiger partial charge in [0, 0.05) is 12.1 Å². The Hall–Kier alpha value is -2.23. The Morgan fingerprint density at radius 1 is 1.35 bits per heavy atom. The largest absolute Gasteiger partial charge is 0.481 e. The summed E-state index contributed by atoms with van der Waals surface area (Å²) in [7, 11) is 0. The van der Waals surface area contributed by atoms with Gasteiger partial charge in [-0.05, 0) is 44.0 Å². The SMILES string of the molecule is Cc1ccc(C)c(O[C@H](C)C(=O)NCc2ccoc2)c1. The third kappa shape index (κ3) is 3.63. The fraction of sp³-hybridized carbons (Fsp3) is 0.312. The number of aryl methyl sites for hydroxylation is 2. The van der Waals surface area contributed by atoms with Gasteiger partial charge in [-0.25, -0.2) is 0 Å². The fourth-order valence-electron chi connectivity index (χ4n) is 1.80. The van der Waals surface area contributed by atoms with Gasteiger partial charge in [0.15, 0.2) is 6.10 Å². The quantitative estimate of drug-likeness (QED) is 0.911. The summed E-state index contributed by atoms with van der Waals surface area (Å²) in [5.74, 6) is 0.600. The highest BCUT2D eigenvalue weighted by Crippen LogP contribution is 2.20. The Morgan fingerprint density at radius 2 is 2.15 bits per heavy atom. The van der Waals surface area contributed by atoms with E-state index in [-0.39, 0.29) is 5.91 Å². The number of furan rings is 1. The molecule has 1 aromatic heterocycles. The minimum absolute atomic E-state index is 0.146. The van der Waals surface area contributed by atoms with Gasteiger partial charge in [-0.2, -0.15) is 0 Å². The lowest BCUT2D eigenvalue weighted by molar-refractivity contribution is -0.127. The molecule has 0 bridgehead atoms. The van der Waals surface area contributed by atoms with Gasteiger partial charge >= 0.3 is 0 Å². The van der Waals surface area contributed by atoms with E-state index in [0.717, 1.165) is 22.4 Å². The summed E-state index contributed by atoms with van der Waals surface area (Å²) in [4.78, 5) is 12.0. The maximum atomic E-state index is 12.0. The van der Waals surface area contributed by atoms with Crippen LogP contribution in [0.25, 0.3) is 0 Å². The zero-order valence-corrected chi connectivity index (χ0v) is 12.0. The van der Waals surface area contributed by atoms with E-state index in [0.29, 0.717) is 6.54 Å². The molecular formula is C16H19NO3. The van der Waals surface area contributed by atoms with E-state index in [4.69, 9.17) is 9.15 Å². The summed E-state index contributed by atoms with van der Waals surface area (Å²) in [6.45, 7) is 6.14. The van der Waals surface area contributed by atoms with Crippen molar-refractivity contribution < 1.29 is 13.9 Å². The van der Waals surface area contributed by atoms with Gasteiger partial charge in [-0.3, -0.25) is 4.79 Å². The van der Waals surface area contributed by atoms with Crippen LogP contribution in [-0.4, -0.2) is 12.0 Å². The first-order valence-electron chi connectivity index (χ1n) is 6.59. The van der Waals surface area contributed by atoms with Crippen molar-refractivity contribution >= 4 is 5.91 Å². The Bertz CT molecular complexity index is 575. The van der Waals surface area contributed by atoms with Crippen molar-refractivity contribution in [2.45, 2.75) is 33.4 Å². The van der Waals surface area contributed by atoms with E-state index in [2.05, 4.69) is 5.32 Å². The number of benzene rings is 1. The van der Waals surface area contributed by atoms with Gasteiger partial charge in [-0.15, -0.1) is 0 Å². The number of carbonyl (C=O) groups is 1. The molecule has 0 aliphatic carbocycles. The Labute approximate surface area is 118 Å². The third-order valence-corrected chi connectivity index (χ3v) is 3.06. The Morgan fingerprint density at radius 3 is 2.85 bits per heavy atom. The second kappa shape index (κ2) is 6.28. The number of carbonyl (C=O) groups excluding carboxylic acids is 1. The van der Waals surface area contributed by atoms with Gasteiger partial charge in [0.25, 0.3) is 5.91 Å². The molecule has 20 heavy (non-hydrogen) atoms. The number of hydrogen-bond donors (Lipinski definition) is 1. The van der Waals surface area contributed by atoms with Crippen LogP contribution in [0.3, 0.4) is 0 Å². The van der Waals surface area contributed by atoms with Crippen molar-refractivity contribution in [3.8, 4) is 5.75 Å². The lowest BCUT2D eigenvalue weighted by Gasteiger charge is -2.16. The van der Waals surface area contributed by atoms with E-state index >= 15 is 0 Å². The summed E-state index contributed by atoms with van der Waals surface area (Å²) in [5.41, 5.74) is 3.05. The maximum absolute atomic E-state index is 12.0. The molecule has 0 radical (unpaired) electrons. The van der Waals surface area contributed by atoms with Crippen molar-refractivity contribution in [3.05, 3.63) is 53.5 Å². The summed E-state index contributed by atoms with van der Waals surface area (Å²) in [5, 5.41) is 2.82. The second-order valence-corrected chi connectivity index (χ2v) is 4.88. The van der Waals surface area contributed by atoms with E-state index in [1.54, 1.807) is 19.5 Å². The monoisotopic (exact) mass is 273 g/mol. The van der Waals surface area contributed by atoms with Crippen LogP contribution in [0, 0.1) is 13.8 Å². The van der Waals surface area contributed by atoms with E-state index < -0.39 is 6.10 Å². The minimum atomic E-state index is -0.539. The molecule has 4 heteroatoms. The van der Waals surface area contributed by atoms with E-state index in [1.165, 1.54) is 0 Å². The first kappa shape index (κ1) is 14.2. The molecule has 106 valence electrons. The van der Waals surface area contributed by atoms with Gasteiger partial charge in [0.05, 0.1) is 12.5 Å². The zero-order chi connectivity index (χ0) is 14.5. The molecule has 4 nitrogen and oxygen atoms in total. The highest BCUT2D eigenvalue weighted by molar-refractivity contribution is 5.80. The van der Waals surface area contributed by atoms with Crippen LogP contribution in [-0.2, 0) is 11.3 Å². The molecule has 2 rings (SSSR count). The third-order valence-electron chi connectivity index (χ3n) is 3.06. The molecule has 0 aliphatic rings. The molecule has 0 unspecified atom stereocenters. The number of ether oxygens (including phenoxy) is 1. The van der Waals surface area contributed by atoms with Crippen molar-refractivity contribution in [3.63, 3.8) is 0 Å². The Balaban J connectivity index is 1.92. The molecule has 0 spiro atoms. The molecule has 0 fully saturated rings. The summed E-state index contributed by atoms with van der Waals surface area (Å²) in [6.07, 6.45) is 2.65. The number of hydrogen-bond acceptors (Lipinski definition) is 3. The lowest BCUT2D eigenvalue weighted by atomic mass is 10.1. The zero-order valence-electron chi connectivity index (χ0n) is 12.0. The maximum Gasteiger partial charge on any atom is 0.261 e. The summed E-state index contributed by atoms with van der Waals surface area (Å²) < 4.78 is 10.7. The molecule has 0 saturated heterocycles. The molecule has 1 amide bonds. The van der Waals surface area contributed by atoms with E-state index in [9.17, 15) is 4.79 Å². The van der Waals surface area contributed by atoms with Crippen LogP contribution in [0.1, 0.15) is 23.6 Å². The van der Waals surface area contributed by atoms with Crippen LogP contribution in [0.2, 0.25) is 0 Å². The average molecular weight is 273 g/mol. The van der Waals surface area contributed by atoms with Gasteiger partial charge < -0.3 is 14.5 Å². The van der Waals surface area contributed by atoms with Gasteiger partial charge in [0.2, 0.25) is 0 Å². The first-order valence-corrected chi connectivity index (χ1v) is 6.59. The highest BCUT2D eigenvalue weighted by atomic mass is 16.5. The second-order valence-electron chi connectivity index (χ2n) is 4.88. The normalized spacial score (nSPS) is 11.9. The fourth-order valence-corrected chi connectivity index (χ4v) is 1.80. The van der Waals surface area contributed by atoms with Gasteiger partial charge in [-0.1, -0.05) is 12.1 Å². The summed E-state index contributed by atoms with van der Waals surface area (Å²) >= 11 is 0. The molecule has 2 aromatic rings. The lowest BCUT2D eigenvalue weighted by Crippen LogP contribution is -2.35. The van der Waals surface area contributed by atoms with Gasteiger partial charge in [0.1, 0.15) is 5.75 Å². The molecule has 1 heterocycles. The van der Waals surface area contributed by atoms with Crippen molar-refractivity contribution in [1.29, 1.82) is 0 Å². The molecule has 1 atom stereocenters. The van der Waals surface area contributed by atoms with E-state index in [1.807, 2.05) is 38.1 Å². The molecule has 0 saturated carbocycles. The number of nitrogens with one attached hydrogen (secondary N) is 1. The number of rotatable bonds is 5. The smallest absolute Gasteiger partial charge is 0.261 e. The van der Waals surface area contributed by atoms with Crippen molar-refractivity contribution in [2.75, 3.05) is 0 Å². The average Bonchev–Trinajstić information content (AvgIpc) is 2.93.